The summed E-state index contributed by atoms with van der Waals surface area (Å²) >= 11 is 0. The molecule has 3 aromatic rings. The molecule has 1 aliphatic carbocycles. The van der Waals surface area contributed by atoms with Crippen molar-refractivity contribution in [1.29, 1.82) is 0 Å². The second-order valence-electron chi connectivity index (χ2n) is 7.55. The van der Waals surface area contributed by atoms with E-state index in [0.717, 1.165) is 41.8 Å². The van der Waals surface area contributed by atoms with Gasteiger partial charge in [0.25, 0.3) is 5.91 Å². The lowest BCUT2D eigenvalue weighted by Crippen LogP contribution is -2.17. The molecule has 1 aromatic heterocycles. The number of carbonyl (C=O) groups excluding carboxylic acids is 1. The van der Waals surface area contributed by atoms with Gasteiger partial charge < -0.3 is 5.32 Å². The summed E-state index contributed by atoms with van der Waals surface area (Å²) in [6.45, 7) is 3.87. The quantitative estimate of drug-likeness (QED) is 0.656. The van der Waals surface area contributed by atoms with Gasteiger partial charge in [0.1, 0.15) is 0 Å². The Morgan fingerprint density at radius 3 is 2.57 bits per heavy atom. The molecule has 0 aliphatic heterocycles. The smallest absolute Gasteiger partial charge is 0.276 e. The summed E-state index contributed by atoms with van der Waals surface area (Å²) in [7, 11) is -3.88. The number of carbonyl (C=O) groups is 1. The molecule has 8 heteroatoms. The first-order valence-electron chi connectivity index (χ1n) is 9.93. The van der Waals surface area contributed by atoms with Crippen molar-refractivity contribution < 1.29 is 13.2 Å². The van der Waals surface area contributed by atoms with E-state index in [-0.39, 0.29) is 10.8 Å². The molecule has 156 valence electrons. The van der Waals surface area contributed by atoms with E-state index in [1.165, 1.54) is 6.07 Å². The highest BCUT2D eigenvalue weighted by Crippen LogP contribution is 2.29. The number of sulfonamides is 1. The summed E-state index contributed by atoms with van der Waals surface area (Å²) in [5.74, 6) is -0.358. The molecular weight excluding hydrogens is 400 g/mol. The average molecular weight is 425 g/mol. The summed E-state index contributed by atoms with van der Waals surface area (Å²) < 4.78 is 25.7. The van der Waals surface area contributed by atoms with E-state index >= 15 is 0 Å². The number of nitrogens with two attached hydrogens (primary N) is 1. The molecule has 4 rings (SSSR count). The molecule has 0 bridgehead atoms. The number of fused-ring (bicyclic) bond motifs is 1. The Morgan fingerprint density at radius 2 is 1.90 bits per heavy atom. The van der Waals surface area contributed by atoms with Gasteiger partial charge in [0.2, 0.25) is 10.0 Å². The van der Waals surface area contributed by atoms with Crippen LogP contribution in [-0.2, 0) is 29.3 Å². The summed E-state index contributed by atoms with van der Waals surface area (Å²) in [5.41, 5.74) is 5.43. The molecule has 2 aromatic carbocycles. The summed E-state index contributed by atoms with van der Waals surface area (Å²) in [5, 5.41) is 12.7. The number of aryl methyl sites for hydroxylation is 2. The number of hydrogen-bond donors (Lipinski definition) is 2. The normalized spacial score (nSPS) is 13.3. The predicted octanol–water partition coefficient (Wildman–Crippen LogP) is 3.13. The van der Waals surface area contributed by atoms with Gasteiger partial charge in [-0.1, -0.05) is 30.7 Å². The van der Waals surface area contributed by atoms with Crippen LogP contribution in [0, 0.1) is 6.92 Å². The maximum absolute atomic E-state index is 13.0. The molecule has 3 N–H and O–H groups in total. The van der Waals surface area contributed by atoms with Crippen molar-refractivity contribution in [3.63, 3.8) is 0 Å². The third-order valence-electron chi connectivity index (χ3n) is 5.44. The molecule has 0 radical (unpaired) electrons. The van der Waals surface area contributed by atoms with Gasteiger partial charge in [-0.25, -0.2) is 18.2 Å². The van der Waals surface area contributed by atoms with Crippen molar-refractivity contribution in [3.05, 3.63) is 70.5 Å². The molecule has 7 nitrogen and oxygen atoms in total. The summed E-state index contributed by atoms with van der Waals surface area (Å²) in [6, 6.07) is 12.8. The minimum absolute atomic E-state index is 0.0261. The number of anilines is 1. The molecule has 1 amide bonds. The van der Waals surface area contributed by atoms with E-state index in [2.05, 4.69) is 10.4 Å². The van der Waals surface area contributed by atoms with E-state index in [1.54, 1.807) is 12.1 Å². The van der Waals surface area contributed by atoms with Gasteiger partial charge in [-0.3, -0.25) is 4.79 Å². The van der Waals surface area contributed by atoms with Gasteiger partial charge in [0, 0.05) is 16.9 Å². The van der Waals surface area contributed by atoms with Crippen LogP contribution in [0.2, 0.25) is 0 Å². The summed E-state index contributed by atoms with van der Waals surface area (Å²) in [4.78, 5) is 13.0. The van der Waals surface area contributed by atoms with Crippen molar-refractivity contribution in [2.45, 2.75) is 44.4 Å². The molecule has 0 atom stereocenters. The van der Waals surface area contributed by atoms with Crippen molar-refractivity contribution in [3.8, 4) is 5.69 Å². The fourth-order valence-electron chi connectivity index (χ4n) is 3.90. The van der Waals surface area contributed by atoms with Crippen LogP contribution in [0.25, 0.3) is 5.69 Å². The van der Waals surface area contributed by atoms with Gasteiger partial charge in [-0.2, -0.15) is 5.10 Å². The van der Waals surface area contributed by atoms with Gasteiger partial charge in [-0.15, -0.1) is 0 Å². The molecule has 0 saturated heterocycles. The number of primary sulfonamides is 1. The van der Waals surface area contributed by atoms with Crippen LogP contribution >= 0.6 is 0 Å². The first-order chi connectivity index (χ1) is 14.3. The summed E-state index contributed by atoms with van der Waals surface area (Å²) in [6.07, 6.45) is 3.15. The number of hydrogen-bond acceptors (Lipinski definition) is 4. The van der Waals surface area contributed by atoms with E-state index in [4.69, 9.17) is 5.14 Å². The third-order valence-corrected chi connectivity index (χ3v) is 6.43. The standard InChI is InChI=1S/C22H24N4O3S/c1-3-15-9-10-16(13-20(15)30(23,28)29)24-22(27)21-18-5-4-6-19(18)26(25-21)17-11-7-14(2)8-12-17/h7-13H,3-6H2,1-2H3,(H,24,27)(H2,23,28,29). The predicted molar refractivity (Wildman–Crippen MR) is 115 cm³/mol. The lowest BCUT2D eigenvalue weighted by molar-refractivity contribution is 0.102. The number of benzene rings is 2. The van der Waals surface area contributed by atoms with E-state index in [9.17, 15) is 13.2 Å². The van der Waals surface area contributed by atoms with Crippen molar-refractivity contribution in [1.82, 2.24) is 9.78 Å². The number of nitrogens with zero attached hydrogens (tertiary/aromatic N) is 2. The number of amides is 1. The molecule has 1 aliphatic rings. The zero-order chi connectivity index (χ0) is 21.5. The molecule has 1 heterocycles. The lowest BCUT2D eigenvalue weighted by atomic mass is 10.1. The fraction of sp³-hybridized carbons (Fsp3) is 0.273. The van der Waals surface area contributed by atoms with E-state index in [0.29, 0.717) is 23.4 Å². The Kier molecular flexibility index (Phi) is 5.21. The van der Waals surface area contributed by atoms with Crippen LogP contribution in [0.15, 0.2) is 47.4 Å². The Morgan fingerprint density at radius 1 is 1.17 bits per heavy atom. The Hall–Kier alpha value is -2.97. The molecular formula is C22H24N4O3S. The van der Waals surface area contributed by atoms with Gasteiger partial charge in [-0.05, 0) is 62.4 Å². The topological polar surface area (TPSA) is 107 Å². The molecule has 0 fully saturated rings. The first kappa shape index (κ1) is 20.3. The Bertz CT molecular complexity index is 1230. The zero-order valence-electron chi connectivity index (χ0n) is 17.0. The lowest BCUT2D eigenvalue weighted by Gasteiger charge is -2.10. The highest BCUT2D eigenvalue weighted by atomic mass is 32.2. The Labute approximate surface area is 176 Å². The second kappa shape index (κ2) is 7.70. The molecule has 0 unspecified atom stereocenters. The number of rotatable bonds is 5. The van der Waals surface area contributed by atoms with E-state index < -0.39 is 10.0 Å². The largest absolute Gasteiger partial charge is 0.321 e. The third kappa shape index (κ3) is 3.76. The number of aromatic nitrogens is 2. The van der Waals surface area contributed by atoms with Crippen LogP contribution in [0.1, 0.15) is 46.2 Å². The highest BCUT2D eigenvalue weighted by Gasteiger charge is 2.27. The Balaban J connectivity index is 1.68. The number of nitrogens with one attached hydrogen (secondary N) is 1. The maximum atomic E-state index is 13.0. The molecule has 0 saturated carbocycles. The zero-order valence-corrected chi connectivity index (χ0v) is 17.8. The van der Waals surface area contributed by atoms with Crippen LogP contribution in [-0.4, -0.2) is 24.1 Å². The van der Waals surface area contributed by atoms with Crippen LogP contribution in [0.5, 0.6) is 0 Å². The van der Waals surface area contributed by atoms with Gasteiger partial charge in [0.15, 0.2) is 5.69 Å². The van der Waals surface area contributed by atoms with E-state index in [1.807, 2.05) is 42.8 Å². The fourth-order valence-corrected chi connectivity index (χ4v) is 4.77. The SMILES string of the molecule is CCc1ccc(NC(=O)c2nn(-c3ccc(C)cc3)c3c2CCC3)cc1S(N)(=O)=O. The highest BCUT2D eigenvalue weighted by molar-refractivity contribution is 7.89. The van der Waals surface area contributed by atoms with Crippen molar-refractivity contribution in [2.75, 3.05) is 5.32 Å². The van der Waals surface area contributed by atoms with Crippen LogP contribution in [0.4, 0.5) is 5.69 Å². The maximum Gasteiger partial charge on any atom is 0.276 e. The monoisotopic (exact) mass is 424 g/mol. The minimum atomic E-state index is -3.88. The average Bonchev–Trinajstić information content (AvgIpc) is 3.31. The van der Waals surface area contributed by atoms with Gasteiger partial charge >= 0.3 is 0 Å². The van der Waals surface area contributed by atoms with Gasteiger partial charge in [0.05, 0.1) is 10.6 Å². The molecule has 30 heavy (non-hydrogen) atoms. The molecule has 0 spiro atoms. The van der Waals surface area contributed by atoms with Crippen molar-refractivity contribution in [2.24, 2.45) is 5.14 Å². The second-order valence-corrected chi connectivity index (χ2v) is 9.08. The van der Waals surface area contributed by atoms with Crippen LogP contribution < -0.4 is 10.5 Å². The minimum Gasteiger partial charge on any atom is -0.321 e. The van der Waals surface area contributed by atoms with Crippen molar-refractivity contribution >= 4 is 21.6 Å². The van der Waals surface area contributed by atoms with Crippen LogP contribution in [0.3, 0.4) is 0 Å². The first-order valence-corrected chi connectivity index (χ1v) is 11.5.